The van der Waals surface area contributed by atoms with E-state index in [1.54, 1.807) is 11.0 Å². The minimum atomic E-state index is -0.888. The van der Waals surface area contributed by atoms with Crippen LogP contribution in [0.2, 0.25) is 0 Å². The first-order chi connectivity index (χ1) is 6.16. The Labute approximate surface area is 79.0 Å². The highest BCUT2D eigenvalue weighted by Crippen LogP contribution is 2.18. The molecular formula is C10H17NO2. The molecule has 0 bridgehead atoms. The number of aliphatic hydroxyl groups excluding tert-OH is 1. The number of carbonyl (C=O) groups is 1. The van der Waals surface area contributed by atoms with E-state index in [1.165, 1.54) is 6.92 Å². The van der Waals surface area contributed by atoms with Crippen LogP contribution in [-0.4, -0.2) is 34.6 Å². The van der Waals surface area contributed by atoms with Crippen LogP contribution in [0.25, 0.3) is 0 Å². The quantitative estimate of drug-likeness (QED) is 0.647. The fourth-order valence-corrected chi connectivity index (χ4v) is 1.72. The first-order valence-corrected chi connectivity index (χ1v) is 4.78. The van der Waals surface area contributed by atoms with Gasteiger partial charge in [-0.1, -0.05) is 6.08 Å². The molecule has 1 aliphatic rings. The Kier molecular flexibility index (Phi) is 3.48. The summed E-state index contributed by atoms with van der Waals surface area (Å²) in [4.78, 5) is 13.2. The van der Waals surface area contributed by atoms with Crippen molar-refractivity contribution in [3.63, 3.8) is 0 Å². The number of carbonyl (C=O) groups excluding carboxylic acids is 1. The van der Waals surface area contributed by atoms with Crippen LogP contribution >= 0.6 is 0 Å². The third-order valence-electron chi connectivity index (χ3n) is 2.46. The molecule has 1 N–H and O–H groups in total. The molecule has 1 saturated heterocycles. The van der Waals surface area contributed by atoms with Gasteiger partial charge in [0, 0.05) is 12.6 Å². The molecule has 0 aromatic rings. The highest BCUT2D eigenvalue weighted by Gasteiger charge is 2.26. The summed E-state index contributed by atoms with van der Waals surface area (Å²) in [5.41, 5.74) is 0. The van der Waals surface area contributed by atoms with Crippen LogP contribution in [0.3, 0.4) is 0 Å². The summed E-state index contributed by atoms with van der Waals surface area (Å²) >= 11 is 0. The minimum absolute atomic E-state index is 0.121. The molecule has 1 amide bonds. The maximum Gasteiger partial charge on any atom is 0.251 e. The van der Waals surface area contributed by atoms with Gasteiger partial charge in [0.1, 0.15) is 6.10 Å². The van der Waals surface area contributed by atoms with E-state index in [2.05, 4.69) is 6.58 Å². The van der Waals surface area contributed by atoms with Gasteiger partial charge < -0.3 is 10.0 Å². The molecular weight excluding hydrogens is 166 g/mol. The van der Waals surface area contributed by atoms with Gasteiger partial charge in [0.15, 0.2) is 0 Å². The van der Waals surface area contributed by atoms with E-state index in [0.29, 0.717) is 0 Å². The monoisotopic (exact) mass is 183 g/mol. The molecule has 0 aromatic heterocycles. The van der Waals surface area contributed by atoms with Crippen LogP contribution in [0, 0.1) is 0 Å². The Bertz CT molecular complexity index is 201. The number of rotatable bonds is 2. The summed E-state index contributed by atoms with van der Waals surface area (Å²) in [7, 11) is 0. The molecule has 1 heterocycles. The highest BCUT2D eigenvalue weighted by molar-refractivity contribution is 5.80. The van der Waals surface area contributed by atoms with E-state index in [0.717, 1.165) is 25.8 Å². The maximum absolute atomic E-state index is 11.5. The van der Waals surface area contributed by atoms with Crippen LogP contribution in [-0.2, 0) is 4.79 Å². The maximum atomic E-state index is 11.5. The van der Waals surface area contributed by atoms with Crippen LogP contribution in [0.1, 0.15) is 26.2 Å². The van der Waals surface area contributed by atoms with Gasteiger partial charge in [-0.15, -0.1) is 6.58 Å². The van der Waals surface area contributed by atoms with Crippen LogP contribution in [0.5, 0.6) is 0 Å². The molecule has 0 aliphatic carbocycles. The lowest BCUT2D eigenvalue weighted by molar-refractivity contribution is -0.141. The molecule has 74 valence electrons. The molecule has 1 fully saturated rings. The van der Waals surface area contributed by atoms with Gasteiger partial charge in [0.05, 0.1) is 0 Å². The van der Waals surface area contributed by atoms with Crippen LogP contribution in [0.15, 0.2) is 12.7 Å². The fraction of sp³-hybridized carbons (Fsp3) is 0.700. The van der Waals surface area contributed by atoms with Crippen LogP contribution < -0.4 is 0 Å². The average molecular weight is 183 g/mol. The molecule has 1 rings (SSSR count). The standard InChI is InChI=1S/C10H17NO2/c1-3-9-6-4-5-7-11(9)10(13)8(2)12/h3,8-9,12H,1,4-7H2,2H3/t8-,9?/m1/s1. The van der Waals surface area contributed by atoms with Crippen molar-refractivity contribution in [3.05, 3.63) is 12.7 Å². The van der Waals surface area contributed by atoms with E-state index >= 15 is 0 Å². The third kappa shape index (κ3) is 2.31. The molecule has 1 aliphatic heterocycles. The van der Waals surface area contributed by atoms with Gasteiger partial charge in [-0.25, -0.2) is 0 Å². The number of nitrogens with zero attached hydrogens (tertiary/aromatic N) is 1. The third-order valence-corrected chi connectivity index (χ3v) is 2.46. The molecule has 13 heavy (non-hydrogen) atoms. The topological polar surface area (TPSA) is 40.5 Å². The largest absolute Gasteiger partial charge is 0.384 e. The number of amides is 1. The second-order valence-corrected chi connectivity index (χ2v) is 3.51. The first kappa shape index (κ1) is 10.3. The highest BCUT2D eigenvalue weighted by atomic mass is 16.3. The van der Waals surface area contributed by atoms with E-state index in [9.17, 15) is 4.79 Å². The molecule has 2 atom stereocenters. The zero-order valence-corrected chi connectivity index (χ0v) is 8.07. The molecule has 0 aromatic carbocycles. The van der Waals surface area contributed by atoms with Crippen molar-refractivity contribution in [2.75, 3.05) is 6.54 Å². The zero-order chi connectivity index (χ0) is 9.84. The van der Waals surface area contributed by atoms with Crippen molar-refractivity contribution >= 4 is 5.91 Å². The van der Waals surface area contributed by atoms with Crippen molar-refractivity contribution in [3.8, 4) is 0 Å². The zero-order valence-electron chi connectivity index (χ0n) is 8.07. The summed E-state index contributed by atoms with van der Waals surface area (Å²) < 4.78 is 0. The van der Waals surface area contributed by atoms with E-state index < -0.39 is 6.10 Å². The lowest BCUT2D eigenvalue weighted by Gasteiger charge is -2.34. The number of aliphatic hydroxyl groups is 1. The second kappa shape index (κ2) is 4.42. The predicted molar refractivity (Wildman–Crippen MR) is 51.2 cm³/mol. The van der Waals surface area contributed by atoms with Gasteiger partial charge in [-0.3, -0.25) is 4.79 Å². The summed E-state index contributed by atoms with van der Waals surface area (Å²) in [6, 6.07) is 0.121. The van der Waals surface area contributed by atoms with E-state index in [4.69, 9.17) is 5.11 Å². The molecule has 1 unspecified atom stereocenters. The Balaban J connectivity index is 2.63. The van der Waals surface area contributed by atoms with Crippen molar-refractivity contribution in [2.24, 2.45) is 0 Å². The van der Waals surface area contributed by atoms with E-state index in [-0.39, 0.29) is 11.9 Å². The molecule has 3 heteroatoms. The van der Waals surface area contributed by atoms with Crippen molar-refractivity contribution in [2.45, 2.75) is 38.3 Å². The van der Waals surface area contributed by atoms with Crippen molar-refractivity contribution in [1.29, 1.82) is 0 Å². The van der Waals surface area contributed by atoms with Gasteiger partial charge in [0.25, 0.3) is 5.91 Å². The summed E-state index contributed by atoms with van der Waals surface area (Å²) in [6.45, 7) is 5.96. The number of likely N-dealkylation sites (tertiary alicyclic amines) is 1. The lowest BCUT2D eigenvalue weighted by atomic mass is 10.0. The predicted octanol–water partition coefficient (Wildman–Crippen LogP) is 0.934. The number of hydrogen-bond donors (Lipinski definition) is 1. The molecule has 0 saturated carbocycles. The van der Waals surface area contributed by atoms with Gasteiger partial charge in [-0.2, -0.15) is 0 Å². The summed E-state index contributed by atoms with van der Waals surface area (Å²) in [6.07, 6.45) is 4.05. The summed E-state index contributed by atoms with van der Waals surface area (Å²) in [5.74, 6) is -0.176. The Hall–Kier alpha value is -0.830. The Morgan fingerprint density at radius 3 is 2.92 bits per heavy atom. The fourth-order valence-electron chi connectivity index (χ4n) is 1.72. The van der Waals surface area contributed by atoms with Crippen molar-refractivity contribution < 1.29 is 9.90 Å². The SMILES string of the molecule is C=CC1CCCCN1C(=O)[C@@H](C)O. The molecule has 0 radical (unpaired) electrons. The average Bonchev–Trinajstić information content (AvgIpc) is 2.16. The smallest absolute Gasteiger partial charge is 0.251 e. The normalized spacial score (nSPS) is 25.4. The van der Waals surface area contributed by atoms with Crippen LogP contribution in [0.4, 0.5) is 0 Å². The number of hydrogen-bond acceptors (Lipinski definition) is 2. The molecule has 0 spiro atoms. The molecule has 3 nitrogen and oxygen atoms in total. The first-order valence-electron chi connectivity index (χ1n) is 4.78. The Morgan fingerprint density at radius 1 is 1.69 bits per heavy atom. The van der Waals surface area contributed by atoms with E-state index in [1.807, 2.05) is 0 Å². The summed E-state index contributed by atoms with van der Waals surface area (Å²) in [5, 5.41) is 9.16. The van der Waals surface area contributed by atoms with Crippen molar-refractivity contribution in [1.82, 2.24) is 4.90 Å². The Morgan fingerprint density at radius 2 is 2.38 bits per heavy atom. The van der Waals surface area contributed by atoms with Gasteiger partial charge in [0.2, 0.25) is 0 Å². The van der Waals surface area contributed by atoms with Gasteiger partial charge >= 0.3 is 0 Å². The number of piperidine rings is 1. The second-order valence-electron chi connectivity index (χ2n) is 3.51. The van der Waals surface area contributed by atoms with Gasteiger partial charge in [-0.05, 0) is 26.2 Å². The minimum Gasteiger partial charge on any atom is -0.384 e. The lowest BCUT2D eigenvalue weighted by Crippen LogP contribution is -2.46.